The molecule has 0 aliphatic heterocycles. The van der Waals surface area contributed by atoms with Crippen molar-refractivity contribution in [2.24, 2.45) is 5.92 Å². The highest BCUT2D eigenvalue weighted by Crippen LogP contribution is 2.28. The van der Waals surface area contributed by atoms with Crippen LogP contribution in [0.25, 0.3) is 0 Å². The standard InChI is InChI=1S/C13H26N2O2/c1-11(2)9-15-12(16)5-8-14-10-13(17)6-3-4-7-13/h11,14,17H,3-10H2,1-2H3,(H,15,16). The molecule has 17 heavy (non-hydrogen) atoms. The summed E-state index contributed by atoms with van der Waals surface area (Å²) >= 11 is 0. The van der Waals surface area contributed by atoms with Crippen molar-refractivity contribution in [3.05, 3.63) is 0 Å². The zero-order chi connectivity index (χ0) is 12.7. The van der Waals surface area contributed by atoms with Crippen molar-refractivity contribution in [2.45, 2.75) is 51.6 Å². The van der Waals surface area contributed by atoms with Crippen molar-refractivity contribution in [3.8, 4) is 0 Å². The molecular formula is C13H26N2O2. The maximum Gasteiger partial charge on any atom is 0.221 e. The van der Waals surface area contributed by atoms with E-state index in [4.69, 9.17) is 0 Å². The van der Waals surface area contributed by atoms with E-state index in [1.165, 1.54) is 0 Å². The van der Waals surface area contributed by atoms with Gasteiger partial charge in [0.2, 0.25) is 5.91 Å². The molecule has 1 saturated carbocycles. The molecule has 0 aromatic heterocycles. The predicted octanol–water partition coefficient (Wildman–Crippen LogP) is 1.04. The molecule has 1 amide bonds. The average Bonchev–Trinajstić information content (AvgIpc) is 2.69. The third kappa shape index (κ3) is 6.03. The molecular weight excluding hydrogens is 216 g/mol. The molecule has 0 atom stereocenters. The molecule has 1 aliphatic rings. The summed E-state index contributed by atoms with van der Waals surface area (Å²) in [7, 11) is 0. The Morgan fingerprint density at radius 1 is 1.35 bits per heavy atom. The summed E-state index contributed by atoms with van der Waals surface area (Å²) in [4.78, 5) is 11.4. The molecule has 100 valence electrons. The van der Waals surface area contributed by atoms with Crippen LogP contribution < -0.4 is 10.6 Å². The number of rotatable bonds is 7. The summed E-state index contributed by atoms with van der Waals surface area (Å²) < 4.78 is 0. The lowest BCUT2D eigenvalue weighted by atomic mass is 10.0. The first-order valence-corrected chi connectivity index (χ1v) is 6.72. The number of amides is 1. The van der Waals surface area contributed by atoms with Crippen LogP contribution in [-0.4, -0.2) is 36.2 Å². The molecule has 0 heterocycles. The van der Waals surface area contributed by atoms with E-state index in [0.717, 1.165) is 32.2 Å². The highest BCUT2D eigenvalue weighted by molar-refractivity contribution is 5.76. The number of carbonyl (C=O) groups excluding carboxylic acids is 1. The van der Waals surface area contributed by atoms with Gasteiger partial charge in [-0.3, -0.25) is 4.79 Å². The van der Waals surface area contributed by atoms with Gasteiger partial charge in [0.05, 0.1) is 5.60 Å². The number of carbonyl (C=O) groups is 1. The lowest BCUT2D eigenvalue weighted by Crippen LogP contribution is -2.39. The fourth-order valence-corrected chi connectivity index (χ4v) is 2.14. The molecule has 0 unspecified atom stereocenters. The van der Waals surface area contributed by atoms with Gasteiger partial charge in [0.1, 0.15) is 0 Å². The van der Waals surface area contributed by atoms with E-state index in [1.54, 1.807) is 0 Å². The smallest absolute Gasteiger partial charge is 0.221 e. The first-order valence-electron chi connectivity index (χ1n) is 6.72. The molecule has 0 aromatic carbocycles. The van der Waals surface area contributed by atoms with E-state index in [-0.39, 0.29) is 5.91 Å². The van der Waals surface area contributed by atoms with Gasteiger partial charge in [0, 0.05) is 26.1 Å². The third-order valence-corrected chi connectivity index (χ3v) is 3.22. The van der Waals surface area contributed by atoms with Crippen LogP contribution in [0.3, 0.4) is 0 Å². The summed E-state index contributed by atoms with van der Waals surface area (Å²) in [6.45, 7) is 6.15. The Bertz CT molecular complexity index is 236. The Labute approximate surface area is 104 Å². The molecule has 0 aromatic rings. The van der Waals surface area contributed by atoms with E-state index in [0.29, 0.717) is 25.4 Å². The fourth-order valence-electron chi connectivity index (χ4n) is 2.14. The quantitative estimate of drug-likeness (QED) is 0.585. The Morgan fingerprint density at radius 3 is 2.59 bits per heavy atom. The summed E-state index contributed by atoms with van der Waals surface area (Å²) in [5.41, 5.74) is -0.519. The summed E-state index contributed by atoms with van der Waals surface area (Å²) in [5, 5.41) is 16.1. The highest BCUT2D eigenvalue weighted by atomic mass is 16.3. The first kappa shape index (κ1) is 14.5. The van der Waals surface area contributed by atoms with Crippen molar-refractivity contribution < 1.29 is 9.90 Å². The van der Waals surface area contributed by atoms with Crippen molar-refractivity contribution in [2.75, 3.05) is 19.6 Å². The second-order valence-electron chi connectivity index (χ2n) is 5.56. The molecule has 4 nitrogen and oxygen atoms in total. The second-order valence-corrected chi connectivity index (χ2v) is 5.56. The Balaban J connectivity index is 2.01. The number of aliphatic hydroxyl groups is 1. The van der Waals surface area contributed by atoms with Gasteiger partial charge in [-0.1, -0.05) is 26.7 Å². The normalized spacial score (nSPS) is 18.6. The van der Waals surface area contributed by atoms with Crippen LogP contribution in [0, 0.1) is 5.92 Å². The molecule has 3 N–H and O–H groups in total. The van der Waals surface area contributed by atoms with Gasteiger partial charge >= 0.3 is 0 Å². The minimum absolute atomic E-state index is 0.0876. The van der Waals surface area contributed by atoms with Gasteiger partial charge in [-0.05, 0) is 18.8 Å². The van der Waals surface area contributed by atoms with Crippen molar-refractivity contribution in [3.63, 3.8) is 0 Å². The third-order valence-electron chi connectivity index (χ3n) is 3.22. The van der Waals surface area contributed by atoms with Crippen molar-refractivity contribution >= 4 is 5.91 Å². The van der Waals surface area contributed by atoms with E-state index >= 15 is 0 Å². The van der Waals surface area contributed by atoms with E-state index < -0.39 is 5.60 Å². The molecule has 4 heteroatoms. The van der Waals surface area contributed by atoms with Gasteiger partial charge in [-0.25, -0.2) is 0 Å². The monoisotopic (exact) mass is 242 g/mol. The molecule has 0 spiro atoms. The SMILES string of the molecule is CC(C)CNC(=O)CCNCC1(O)CCCC1. The predicted molar refractivity (Wildman–Crippen MR) is 68.8 cm³/mol. The maximum atomic E-state index is 11.4. The minimum Gasteiger partial charge on any atom is -0.389 e. The average molecular weight is 242 g/mol. The molecule has 0 bridgehead atoms. The zero-order valence-corrected chi connectivity index (χ0v) is 11.1. The Morgan fingerprint density at radius 2 is 2.00 bits per heavy atom. The van der Waals surface area contributed by atoms with Crippen LogP contribution >= 0.6 is 0 Å². The van der Waals surface area contributed by atoms with Crippen LogP contribution in [0.15, 0.2) is 0 Å². The van der Waals surface area contributed by atoms with Gasteiger partial charge in [0.25, 0.3) is 0 Å². The van der Waals surface area contributed by atoms with E-state index in [9.17, 15) is 9.90 Å². The number of hydrogen-bond donors (Lipinski definition) is 3. The molecule has 1 aliphatic carbocycles. The topological polar surface area (TPSA) is 61.4 Å². The first-order chi connectivity index (χ1) is 8.02. The van der Waals surface area contributed by atoms with Crippen LogP contribution in [0.1, 0.15) is 46.0 Å². The Kier molecular flexibility index (Phi) is 5.92. The highest BCUT2D eigenvalue weighted by Gasteiger charge is 2.30. The van der Waals surface area contributed by atoms with E-state index in [1.807, 2.05) is 0 Å². The van der Waals surface area contributed by atoms with Gasteiger partial charge in [-0.15, -0.1) is 0 Å². The van der Waals surface area contributed by atoms with Crippen LogP contribution in [-0.2, 0) is 4.79 Å². The van der Waals surface area contributed by atoms with Gasteiger partial charge in [-0.2, -0.15) is 0 Å². The number of hydrogen-bond acceptors (Lipinski definition) is 3. The van der Waals surface area contributed by atoms with Crippen LogP contribution in [0.5, 0.6) is 0 Å². The minimum atomic E-state index is -0.519. The maximum absolute atomic E-state index is 11.4. The van der Waals surface area contributed by atoms with Crippen molar-refractivity contribution in [1.82, 2.24) is 10.6 Å². The summed E-state index contributed by atoms with van der Waals surface area (Å²) in [6, 6.07) is 0. The van der Waals surface area contributed by atoms with Gasteiger partial charge in [0.15, 0.2) is 0 Å². The Hall–Kier alpha value is -0.610. The van der Waals surface area contributed by atoms with Crippen molar-refractivity contribution in [1.29, 1.82) is 0 Å². The summed E-state index contributed by atoms with van der Waals surface area (Å²) in [5.74, 6) is 0.579. The van der Waals surface area contributed by atoms with E-state index in [2.05, 4.69) is 24.5 Å². The lowest BCUT2D eigenvalue weighted by molar-refractivity contribution is -0.121. The fraction of sp³-hybridized carbons (Fsp3) is 0.923. The van der Waals surface area contributed by atoms with Gasteiger partial charge < -0.3 is 15.7 Å². The molecule has 1 fully saturated rings. The molecule has 1 rings (SSSR count). The van der Waals surface area contributed by atoms with Crippen LogP contribution in [0.4, 0.5) is 0 Å². The van der Waals surface area contributed by atoms with Crippen LogP contribution in [0.2, 0.25) is 0 Å². The molecule has 0 saturated heterocycles. The largest absolute Gasteiger partial charge is 0.389 e. The lowest BCUT2D eigenvalue weighted by Gasteiger charge is -2.22. The summed E-state index contributed by atoms with van der Waals surface area (Å²) in [6.07, 6.45) is 4.50. The second kappa shape index (κ2) is 6.97. The number of nitrogens with one attached hydrogen (secondary N) is 2. The zero-order valence-electron chi connectivity index (χ0n) is 11.1. The molecule has 0 radical (unpaired) electrons.